The smallest absolute Gasteiger partial charge is 0.131 e. The van der Waals surface area contributed by atoms with Crippen molar-refractivity contribution < 1.29 is 0 Å². The minimum Gasteiger partial charge on any atom is -0.353 e. The monoisotopic (exact) mass is 287 g/mol. The summed E-state index contributed by atoms with van der Waals surface area (Å²) >= 11 is 0. The van der Waals surface area contributed by atoms with Crippen LogP contribution in [0.25, 0.3) is 0 Å². The Kier molecular flexibility index (Phi) is 4.79. The molecule has 21 heavy (non-hydrogen) atoms. The van der Waals surface area contributed by atoms with Crippen LogP contribution in [0.5, 0.6) is 0 Å². The van der Waals surface area contributed by atoms with Crippen LogP contribution in [-0.4, -0.2) is 24.1 Å². The van der Waals surface area contributed by atoms with Gasteiger partial charge in [0.15, 0.2) is 0 Å². The third-order valence-corrected chi connectivity index (χ3v) is 5.15. The van der Waals surface area contributed by atoms with Crippen molar-refractivity contribution in [1.82, 2.24) is 10.3 Å². The van der Waals surface area contributed by atoms with Crippen LogP contribution >= 0.6 is 0 Å². The van der Waals surface area contributed by atoms with Crippen LogP contribution in [0.2, 0.25) is 0 Å². The first kappa shape index (κ1) is 14.8. The molecule has 0 aromatic carbocycles. The molecule has 3 nitrogen and oxygen atoms in total. The maximum absolute atomic E-state index is 4.82. The lowest BCUT2D eigenvalue weighted by Crippen LogP contribution is -2.35. The topological polar surface area (TPSA) is 28.2 Å². The molecule has 2 heterocycles. The summed E-state index contributed by atoms with van der Waals surface area (Å²) in [6.45, 7) is 7.65. The van der Waals surface area contributed by atoms with Gasteiger partial charge >= 0.3 is 0 Å². The van der Waals surface area contributed by atoms with Gasteiger partial charge < -0.3 is 10.2 Å². The Bertz CT molecular complexity index is 472. The Morgan fingerprint density at radius 3 is 2.95 bits per heavy atom. The fourth-order valence-corrected chi connectivity index (χ4v) is 4.10. The molecular weight excluding hydrogens is 258 g/mol. The van der Waals surface area contributed by atoms with Crippen molar-refractivity contribution in [3.05, 3.63) is 23.4 Å². The van der Waals surface area contributed by atoms with Crippen LogP contribution in [0.1, 0.15) is 56.6 Å². The molecule has 2 unspecified atom stereocenters. The van der Waals surface area contributed by atoms with E-state index in [1.807, 2.05) is 0 Å². The molecule has 0 spiro atoms. The standard InChI is InChI=1S/C18H29N3/c1-3-9-19-12-15-11-14(2)18(20-13-15)21-10-8-16-6-4-5-7-17(16)21/h11,13,16-17,19H,3-10,12H2,1-2H3. The summed E-state index contributed by atoms with van der Waals surface area (Å²) in [5, 5.41) is 3.46. The van der Waals surface area contributed by atoms with E-state index in [1.165, 1.54) is 62.0 Å². The number of rotatable bonds is 5. The molecule has 3 heteroatoms. The molecule has 0 radical (unpaired) electrons. The van der Waals surface area contributed by atoms with E-state index in [2.05, 4.69) is 36.3 Å². The molecule has 1 aromatic rings. The fraction of sp³-hybridized carbons (Fsp3) is 0.722. The maximum Gasteiger partial charge on any atom is 0.131 e. The quantitative estimate of drug-likeness (QED) is 0.838. The first-order valence-corrected chi connectivity index (χ1v) is 8.72. The maximum atomic E-state index is 4.82. The average Bonchev–Trinajstić information content (AvgIpc) is 2.92. The van der Waals surface area contributed by atoms with Crippen LogP contribution in [-0.2, 0) is 6.54 Å². The van der Waals surface area contributed by atoms with E-state index < -0.39 is 0 Å². The fourth-order valence-electron chi connectivity index (χ4n) is 4.10. The van der Waals surface area contributed by atoms with E-state index in [-0.39, 0.29) is 0 Å². The summed E-state index contributed by atoms with van der Waals surface area (Å²) in [5.74, 6) is 2.16. The van der Waals surface area contributed by atoms with Crippen molar-refractivity contribution in [2.45, 2.75) is 65.0 Å². The minimum atomic E-state index is 0.758. The second-order valence-corrected chi connectivity index (χ2v) is 6.75. The zero-order chi connectivity index (χ0) is 14.7. The van der Waals surface area contributed by atoms with Gasteiger partial charge in [-0.25, -0.2) is 4.98 Å². The Morgan fingerprint density at radius 1 is 1.29 bits per heavy atom. The van der Waals surface area contributed by atoms with Gasteiger partial charge in [0.05, 0.1) is 0 Å². The molecular formula is C18H29N3. The number of aromatic nitrogens is 1. The lowest BCUT2D eigenvalue weighted by Gasteiger charge is -2.33. The summed E-state index contributed by atoms with van der Waals surface area (Å²) < 4.78 is 0. The Labute approximate surface area is 129 Å². The highest BCUT2D eigenvalue weighted by atomic mass is 15.2. The van der Waals surface area contributed by atoms with Gasteiger partial charge in [-0.3, -0.25) is 0 Å². The third-order valence-electron chi connectivity index (χ3n) is 5.15. The van der Waals surface area contributed by atoms with E-state index in [9.17, 15) is 0 Å². The van der Waals surface area contributed by atoms with E-state index in [4.69, 9.17) is 4.98 Å². The average molecular weight is 287 g/mol. The number of hydrogen-bond donors (Lipinski definition) is 1. The molecule has 1 aliphatic heterocycles. The molecule has 1 aliphatic carbocycles. The lowest BCUT2D eigenvalue weighted by atomic mass is 9.85. The van der Waals surface area contributed by atoms with Crippen LogP contribution in [0.4, 0.5) is 5.82 Å². The lowest BCUT2D eigenvalue weighted by molar-refractivity contribution is 0.341. The molecule has 1 aromatic heterocycles. The van der Waals surface area contributed by atoms with Gasteiger partial charge in [0.1, 0.15) is 5.82 Å². The molecule has 3 rings (SSSR count). The Morgan fingerprint density at radius 2 is 2.14 bits per heavy atom. The highest BCUT2D eigenvalue weighted by molar-refractivity contribution is 5.49. The molecule has 0 bridgehead atoms. The van der Waals surface area contributed by atoms with Crippen molar-refractivity contribution in [2.24, 2.45) is 5.92 Å². The number of hydrogen-bond acceptors (Lipinski definition) is 3. The van der Waals surface area contributed by atoms with Crippen LogP contribution in [0, 0.1) is 12.8 Å². The van der Waals surface area contributed by atoms with Crippen LogP contribution < -0.4 is 10.2 Å². The number of nitrogens with zero attached hydrogens (tertiary/aromatic N) is 2. The first-order chi connectivity index (χ1) is 10.3. The summed E-state index contributed by atoms with van der Waals surface area (Å²) in [6, 6.07) is 3.08. The second-order valence-electron chi connectivity index (χ2n) is 6.75. The second kappa shape index (κ2) is 6.78. The largest absolute Gasteiger partial charge is 0.353 e. The molecule has 116 valence electrons. The van der Waals surface area contributed by atoms with E-state index >= 15 is 0 Å². The van der Waals surface area contributed by atoms with Gasteiger partial charge in [0.25, 0.3) is 0 Å². The Hall–Kier alpha value is -1.09. The highest BCUT2D eigenvalue weighted by Crippen LogP contribution is 2.39. The number of aryl methyl sites for hydroxylation is 1. The predicted molar refractivity (Wildman–Crippen MR) is 88.7 cm³/mol. The number of nitrogens with one attached hydrogen (secondary N) is 1. The minimum absolute atomic E-state index is 0.758. The van der Waals surface area contributed by atoms with Crippen molar-refractivity contribution in [2.75, 3.05) is 18.0 Å². The van der Waals surface area contributed by atoms with E-state index in [0.717, 1.165) is 25.0 Å². The number of pyridine rings is 1. The first-order valence-electron chi connectivity index (χ1n) is 8.72. The third kappa shape index (κ3) is 3.23. The van der Waals surface area contributed by atoms with Gasteiger partial charge in [0, 0.05) is 25.3 Å². The van der Waals surface area contributed by atoms with Crippen LogP contribution in [0.15, 0.2) is 12.3 Å². The highest BCUT2D eigenvalue weighted by Gasteiger charge is 2.36. The normalized spacial score (nSPS) is 25.1. The molecule has 0 amide bonds. The molecule has 2 fully saturated rings. The molecule has 2 atom stereocenters. The van der Waals surface area contributed by atoms with Gasteiger partial charge in [0.2, 0.25) is 0 Å². The van der Waals surface area contributed by atoms with Gasteiger partial charge in [-0.1, -0.05) is 19.8 Å². The van der Waals surface area contributed by atoms with Crippen molar-refractivity contribution in [3.63, 3.8) is 0 Å². The Balaban J connectivity index is 1.70. The van der Waals surface area contributed by atoms with E-state index in [1.54, 1.807) is 0 Å². The van der Waals surface area contributed by atoms with Gasteiger partial charge in [-0.05, 0) is 62.3 Å². The zero-order valence-electron chi connectivity index (χ0n) is 13.6. The van der Waals surface area contributed by atoms with Crippen LogP contribution in [0.3, 0.4) is 0 Å². The van der Waals surface area contributed by atoms with Gasteiger partial charge in [-0.2, -0.15) is 0 Å². The summed E-state index contributed by atoms with van der Waals surface area (Å²) in [4.78, 5) is 7.42. The zero-order valence-corrected chi connectivity index (χ0v) is 13.6. The predicted octanol–water partition coefficient (Wildman–Crippen LogP) is 3.66. The molecule has 1 saturated carbocycles. The number of fused-ring (bicyclic) bond motifs is 1. The van der Waals surface area contributed by atoms with Crippen molar-refractivity contribution in [3.8, 4) is 0 Å². The van der Waals surface area contributed by atoms with E-state index in [0.29, 0.717) is 0 Å². The molecule has 1 N–H and O–H groups in total. The van der Waals surface area contributed by atoms with Crippen molar-refractivity contribution >= 4 is 5.82 Å². The molecule has 2 aliphatic rings. The van der Waals surface area contributed by atoms with Gasteiger partial charge in [-0.15, -0.1) is 0 Å². The van der Waals surface area contributed by atoms with Crippen molar-refractivity contribution in [1.29, 1.82) is 0 Å². The summed E-state index contributed by atoms with van der Waals surface area (Å²) in [7, 11) is 0. The summed E-state index contributed by atoms with van der Waals surface area (Å²) in [5.41, 5.74) is 2.65. The SMILES string of the molecule is CCCNCc1cnc(N2CCC3CCCCC32)c(C)c1. The molecule has 1 saturated heterocycles. The summed E-state index contributed by atoms with van der Waals surface area (Å²) in [6.07, 6.45) is 10.2. The number of anilines is 1.